The zero-order valence-electron chi connectivity index (χ0n) is 7.02. The third kappa shape index (κ3) is 2.30. The highest BCUT2D eigenvalue weighted by atomic mass is 32.2. The van der Waals surface area contributed by atoms with Gasteiger partial charge in [-0.1, -0.05) is 6.08 Å². The normalized spacial score (nSPS) is 20.7. The predicted octanol–water partition coefficient (Wildman–Crippen LogP) is -0.430. The Morgan fingerprint density at radius 3 is 2.83 bits per heavy atom. The fourth-order valence-corrected chi connectivity index (χ4v) is 2.02. The molecule has 0 amide bonds. The Morgan fingerprint density at radius 1 is 1.67 bits per heavy atom. The van der Waals surface area contributed by atoms with Crippen LogP contribution in [0.4, 0.5) is 0 Å². The van der Waals surface area contributed by atoms with E-state index in [1.54, 1.807) is 0 Å². The van der Waals surface area contributed by atoms with Gasteiger partial charge in [0.25, 0.3) is 0 Å². The minimum absolute atomic E-state index is 0.0496. The van der Waals surface area contributed by atoms with Gasteiger partial charge >= 0.3 is 0 Å². The van der Waals surface area contributed by atoms with Crippen molar-refractivity contribution in [3.8, 4) is 0 Å². The lowest BCUT2D eigenvalue weighted by atomic mass is 10.2. The van der Waals surface area contributed by atoms with E-state index in [4.69, 9.17) is 5.11 Å². The molecule has 0 spiro atoms. The van der Waals surface area contributed by atoms with E-state index >= 15 is 0 Å². The van der Waals surface area contributed by atoms with E-state index in [1.165, 1.54) is 10.6 Å². The van der Waals surface area contributed by atoms with E-state index in [0.29, 0.717) is 19.5 Å². The maximum Gasteiger partial charge on any atom is 0.211 e. The van der Waals surface area contributed by atoms with E-state index in [-0.39, 0.29) is 6.61 Å². The lowest BCUT2D eigenvalue weighted by Gasteiger charge is -2.24. The summed E-state index contributed by atoms with van der Waals surface area (Å²) in [5, 5.41) is 8.78. The van der Waals surface area contributed by atoms with Gasteiger partial charge in [-0.25, -0.2) is 8.42 Å². The molecule has 70 valence electrons. The zero-order chi connectivity index (χ0) is 9.19. The van der Waals surface area contributed by atoms with Gasteiger partial charge in [-0.05, 0) is 12.0 Å². The van der Waals surface area contributed by atoms with Crippen molar-refractivity contribution >= 4 is 10.0 Å². The molecule has 0 fully saturated rings. The monoisotopic (exact) mass is 191 g/mol. The Bertz CT molecular complexity index is 281. The van der Waals surface area contributed by atoms with Crippen molar-refractivity contribution in [1.82, 2.24) is 4.31 Å². The van der Waals surface area contributed by atoms with Crippen molar-refractivity contribution in [2.24, 2.45) is 0 Å². The summed E-state index contributed by atoms with van der Waals surface area (Å²) < 4.78 is 23.5. The molecule has 1 heterocycles. The standard InChI is InChI=1S/C7H13NO3S/c1-12(10,11)8-4-2-3-7(5-8)6-9/h3,9H,2,4-6H2,1H3. The van der Waals surface area contributed by atoms with Gasteiger partial charge < -0.3 is 5.11 Å². The average Bonchev–Trinajstić information content (AvgIpc) is 2.03. The molecular weight excluding hydrogens is 178 g/mol. The molecule has 1 N–H and O–H groups in total. The van der Waals surface area contributed by atoms with Crippen molar-refractivity contribution in [3.63, 3.8) is 0 Å². The quantitative estimate of drug-likeness (QED) is 0.603. The molecule has 0 aromatic carbocycles. The summed E-state index contributed by atoms with van der Waals surface area (Å²) in [5.74, 6) is 0. The number of aliphatic hydroxyl groups excluding tert-OH is 1. The molecule has 0 aromatic rings. The lowest BCUT2D eigenvalue weighted by Crippen LogP contribution is -2.35. The first-order valence-corrected chi connectivity index (χ1v) is 5.63. The molecule has 0 bridgehead atoms. The summed E-state index contributed by atoms with van der Waals surface area (Å²) in [4.78, 5) is 0. The van der Waals surface area contributed by atoms with Gasteiger partial charge in [0.05, 0.1) is 12.9 Å². The summed E-state index contributed by atoms with van der Waals surface area (Å²) in [7, 11) is -3.09. The van der Waals surface area contributed by atoms with Crippen LogP contribution in [0, 0.1) is 0 Å². The SMILES string of the molecule is CS(=O)(=O)N1CCC=C(CO)C1. The topological polar surface area (TPSA) is 57.6 Å². The van der Waals surface area contributed by atoms with Crippen LogP contribution in [0.5, 0.6) is 0 Å². The molecule has 4 nitrogen and oxygen atoms in total. The number of aliphatic hydroxyl groups is 1. The van der Waals surface area contributed by atoms with Gasteiger partial charge in [0, 0.05) is 13.1 Å². The van der Waals surface area contributed by atoms with Crippen LogP contribution in [0.25, 0.3) is 0 Å². The van der Waals surface area contributed by atoms with Gasteiger partial charge in [-0.2, -0.15) is 4.31 Å². The molecule has 0 saturated carbocycles. The molecule has 0 radical (unpaired) electrons. The van der Waals surface area contributed by atoms with Gasteiger partial charge in [-0.3, -0.25) is 0 Å². The van der Waals surface area contributed by atoms with Crippen LogP contribution in [0.15, 0.2) is 11.6 Å². The Kier molecular flexibility index (Phi) is 2.87. The lowest BCUT2D eigenvalue weighted by molar-refractivity contribution is 0.311. The minimum atomic E-state index is -3.09. The van der Waals surface area contributed by atoms with Crippen LogP contribution in [0.2, 0.25) is 0 Å². The maximum absolute atomic E-state index is 11.1. The first kappa shape index (κ1) is 9.70. The fourth-order valence-electron chi connectivity index (χ4n) is 1.18. The summed E-state index contributed by atoms with van der Waals surface area (Å²) in [6.45, 7) is 0.823. The summed E-state index contributed by atoms with van der Waals surface area (Å²) in [6.07, 6.45) is 3.78. The van der Waals surface area contributed by atoms with Crippen LogP contribution in [0.3, 0.4) is 0 Å². The third-order valence-electron chi connectivity index (χ3n) is 1.86. The van der Waals surface area contributed by atoms with Crippen LogP contribution < -0.4 is 0 Å². The second-order valence-corrected chi connectivity index (χ2v) is 4.89. The molecular formula is C7H13NO3S. The fraction of sp³-hybridized carbons (Fsp3) is 0.714. The molecule has 1 aliphatic heterocycles. The number of sulfonamides is 1. The Balaban J connectivity index is 2.70. The van der Waals surface area contributed by atoms with E-state index in [1.807, 2.05) is 6.08 Å². The van der Waals surface area contributed by atoms with Crippen molar-refractivity contribution in [3.05, 3.63) is 11.6 Å². The van der Waals surface area contributed by atoms with Crippen molar-refractivity contribution < 1.29 is 13.5 Å². The molecule has 0 aliphatic carbocycles. The molecule has 1 aliphatic rings. The largest absolute Gasteiger partial charge is 0.392 e. The summed E-state index contributed by atoms with van der Waals surface area (Å²) >= 11 is 0. The molecule has 0 unspecified atom stereocenters. The highest BCUT2D eigenvalue weighted by Crippen LogP contribution is 2.11. The van der Waals surface area contributed by atoms with Crippen molar-refractivity contribution in [2.45, 2.75) is 6.42 Å². The number of hydrogen-bond donors (Lipinski definition) is 1. The van der Waals surface area contributed by atoms with Crippen LogP contribution >= 0.6 is 0 Å². The Labute approximate surface area is 72.5 Å². The van der Waals surface area contributed by atoms with Gasteiger partial charge in [-0.15, -0.1) is 0 Å². The maximum atomic E-state index is 11.1. The second-order valence-electron chi connectivity index (χ2n) is 2.91. The minimum Gasteiger partial charge on any atom is -0.392 e. The van der Waals surface area contributed by atoms with Crippen LogP contribution in [-0.4, -0.2) is 43.8 Å². The third-order valence-corrected chi connectivity index (χ3v) is 3.11. The van der Waals surface area contributed by atoms with E-state index in [9.17, 15) is 8.42 Å². The first-order valence-electron chi connectivity index (χ1n) is 3.78. The average molecular weight is 191 g/mol. The Morgan fingerprint density at radius 2 is 2.33 bits per heavy atom. The molecule has 0 saturated heterocycles. The first-order chi connectivity index (χ1) is 5.54. The molecule has 0 atom stereocenters. The zero-order valence-corrected chi connectivity index (χ0v) is 7.84. The Hall–Kier alpha value is -0.390. The molecule has 12 heavy (non-hydrogen) atoms. The second kappa shape index (κ2) is 3.55. The number of nitrogens with zero attached hydrogens (tertiary/aromatic N) is 1. The van der Waals surface area contributed by atoms with Gasteiger partial charge in [0.15, 0.2) is 0 Å². The smallest absolute Gasteiger partial charge is 0.211 e. The van der Waals surface area contributed by atoms with Crippen molar-refractivity contribution in [2.75, 3.05) is 26.0 Å². The molecule has 5 heteroatoms. The van der Waals surface area contributed by atoms with Crippen LogP contribution in [-0.2, 0) is 10.0 Å². The summed E-state index contributed by atoms with van der Waals surface area (Å²) in [5.41, 5.74) is 0.784. The van der Waals surface area contributed by atoms with Crippen molar-refractivity contribution in [1.29, 1.82) is 0 Å². The van der Waals surface area contributed by atoms with E-state index in [0.717, 1.165) is 5.57 Å². The number of rotatable bonds is 2. The molecule has 0 aromatic heterocycles. The molecule has 1 rings (SSSR count). The highest BCUT2D eigenvalue weighted by Gasteiger charge is 2.19. The van der Waals surface area contributed by atoms with Gasteiger partial charge in [0.1, 0.15) is 0 Å². The number of hydrogen-bond acceptors (Lipinski definition) is 3. The predicted molar refractivity (Wildman–Crippen MR) is 46.2 cm³/mol. The van der Waals surface area contributed by atoms with E-state index < -0.39 is 10.0 Å². The van der Waals surface area contributed by atoms with Crippen LogP contribution in [0.1, 0.15) is 6.42 Å². The van der Waals surface area contributed by atoms with Gasteiger partial charge in [0.2, 0.25) is 10.0 Å². The highest BCUT2D eigenvalue weighted by molar-refractivity contribution is 7.88. The van der Waals surface area contributed by atoms with E-state index in [2.05, 4.69) is 0 Å². The summed E-state index contributed by atoms with van der Waals surface area (Å²) in [6, 6.07) is 0.